The van der Waals surface area contributed by atoms with Gasteiger partial charge in [-0.25, -0.2) is 9.89 Å². The Hall–Kier alpha value is -2.67. The summed E-state index contributed by atoms with van der Waals surface area (Å²) >= 11 is 0. The molecule has 0 bridgehead atoms. The van der Waals surface area contributed by atoms with Gasteiger partial charge in [-0.2, -0.15) is 9.61 Å². The predicted molar refractivity (Wildman–Crippen MR) is 72.9 cm³/mol. The molecular formula is C13H13N5O2. The number of aromatic nitrogens is 4. The van der Waals surface area contributed by atoms with Crippen LogP contribution in [0.4, 0.5) is 0 Å². The van der Waals surface area contributed by atoms with Gasteiger partial charge in [-0.05, 0) is 19.2 Å². The SMILES string of the molecule is CNCc1ccccc1Oc1ccc2n[nH]c(=O)n2n1. The van der Waals surface area contributed by atoms with E-state index in [1.807, 2.05) is 31.3 Å². The number of nitrogens with one attached hydrogen (secondary N) is 2. The van der Waals surface area contributed by atoms with Crippen LogP contribution in [0.15, 0.2) is 41.2 Å². The molecule has 0 radical (unpaired) electrons. The molecule has 0 aliphatic rings. The Morgan fingerprint density at radius 3 is 3.00 bits per heavy atom. The van der Waals surface area contributed by atoms with Crippen LogP contribution in [0.5, 0.6) is 11.6 Å². The number of hydrogen-bond acceptors (Lipinski definition) is 5. The van der Waals surface area contributed by atoms with Crippen molar-refractivity contribution in [1.82, 2.24) is 25.1 Å². The predicted octanol–water partition coefficient (Wildman–Crippen LogP) is 0.929. The van der Waals surface area contributed by atoms with Crippen molar-refractivity contribution in [2.75, 3.05) is 7.05 Å². The van der Waals surface area contributed by atoms with Crippen molar-refractivity contribution in [1.29, 1.82) is 0 Å². The lowest BCUT2D eigenvalue weighted by molar-refractivity contribution is 0.444. The van der Waals surface area contributed by atoms with E-state index in [1.54, 1.807) is 12.1 Å². The Kier molecular flexibility index (Phi) is 3.18. The molecule has 3 aromatic rings. The fourth-order valence-electron chi connectivity index (χ4n) is 1.89. The fraction of sp³-hybridized carbons (Fsp3) is 0.154. The third-order valence-electron chi connectivity index (χ3n) is 2.80. The van der Waals surface area contributed by atoms with E-state index in [4.69, 9.17) is 4.74 Å². The topological polar surface area (TPSA) is 84.3 Å². The summed E-state index contributed by atoms with van der Waals surface area (Å²) in [5.74, 6) is 1.04. The Labute approximate surface area is 114 Å². The zero-order valence-corrected chi connectivity index (χ0v) is 10.8. The maximum atomic E-state index is 11.5. The van der Waals surface area contributed by atoms with Crippen molar-refractivity contribution in [3.05, 3.63) is 52.4 Å². The Morgan fingerprint density at radius 2 is 2.15 bits per heavy atom. The Morgan fingerprint density at radius 1 is 1.30 bits per heavy atom. The van der Waals surface area contributed by atoms with Gasteiger partial charge in [0.15, 0.2) is 5.65 Å². The van der Waals surface area contributed by atoms with E-state index in [0.29, 0.717) is 23.8 Å². The molecule has 0 saturated carbocycles. The van der Waals surface area contributed by atoms with Gasteiger partial charge in [0, 0.05) is 18.2 Å². The highest BCUT2D eigenvalue weighted by Gasteiger charge is 2.07. The first-order valence-electron chi connectivity index (χ1n) is 6.13. The third kappa shape index (κ3) is 2.26. The van der Waals surface area contributed by atoms with Gasteiger partial charge in [-0.15, -0.1) is 5.10 Å². The van der Waals surface area contributed by atoms with Gasteiger partial charge in [-0.3, -0.25) is 0 Å². The lowest BCUT2D eigenvalue weighted by Crippen LogP contribution is -2.12. The first-order chi connectivity index (χ1) is 9.78. The summed E-state index contributed by atoms with van der Waals surface area (Å²) in [7, 11) is 1.87. The van der Waals surface area contributed by atoms with Crippen LogP contribution in [0.25, 0.3) is 5.65 Å². The van der Waals surface area contributed by atoms with Crippen LogP contribution >= 0.6 is 0 Å². The van der Waals surface area contributed by atoms with E-state index in [-0.39, 0.29) is 0 Å². The van der Waals surface area contributed by atoms with E-state index in [0.717, 1.165) is 10.1 Å². The molecule has 0 aliphatic heterocycles. The van der Waals surface area contributed by atoms with Crippen LogP contribution < -0.4 is 15.7 Å². The molecule has 0 aliphatic carbocycles. The van der Waals surface area contributed by atoms with Gasteiger partial charge in [0.05, 0.1) is 0 Å². The highest BCUT2D eigenvalue weighted by molar-refractivity contribution is 5.39. The minimum absolute atomic E-state index is 0.338. The molecule has 0 saturated heterocycles. The molecule has 2 heterocycles. The van der Waals surface area contributed by atoms with Crippen molar-refractivity contribution in [3.63, 3.8) is 0 Å². The third-order valence-corrected chi connectivity index (χ3v) is 2.80. The van der Waals surface area contributed by atoms with Crippen molar-refractivity contribution in [3.8, 4) is 11.6 Å². The molecule has 0 unspecified atom stereocenters. The fourth-order valence-corrected chi connectivity index (χ4v) is 1.89. The summed E-state index contributed by atoms with van der Waals surface area (Å²) < 4.78 is 6.90. The molecular weight excluding hydrogens is 258 g/mol. The second-order valence-electron chi connectivity index (χ2n) is 4.21. The molecule has 0 fully saturated rings. The van der Waals surface area contributed by atoms with Crippen molar-refractivity contribution >= 4 is 5.65 Å². The smallest absolute Gasteiger partial charge is 0.364 e. The number of fused-ring (bicyclic) bond motifs is 1. The summed E-state index contributed by atoms with van der Waals surface area (Å²) in [6.45, 7) is 0.685. The summed E-state index contributed by atoms with van der Waals surface area (Å²) in [6, 6.07) is 11.0. The van der Waals surface area contributed by atoms with Gasteiger partial charge in [0.2, 0.25) is 5.88 Å². The first kappa shape index (κ1) is 12.4. The van der Waals surface area contributed by atoms with Crippen molar-refractivity contribution < 1.29 is 4.74 Å². The molecule has 7 nitrogen and oxygen atoms in total. The number of aromatic amines is 1. The standard InChI is InChI=1S/C13H13N5O2/c1-14-8-9-4-2-3-5-10(9)20-12-7-6-11-15-16-13(19)18(11)17-12/h2-7,14H,8H2,1H3,(H,16,19). The highest BCUT2D eigenvalue weighted by atomic mass is 16.5. The second-order valence-corrected chi connectivity index (χ2v) is 4.21. The van der Waals surface area contributed by atoms with E-state index in [1.165, 1.54) is 0 Å². The average Bonchev–Trinajstić information content (AvgIpc) is 2.83. The lowest BCUT2D eigenvalue weighted by atomic mass is 10.2. The van der Waals surface area contributed by atoms with Crippen LogP contribution in [-0.4, -0.2) is 26.9 Å². The molecule has 2 aromatic heterocycles. The van der Waals surface area contributed by atoms with Crippen LogP contribution in [0.3, 0.4) is 0 Å². The lowest BCUT2D eigenvalue weighted by Gasteiger charge is -2.09. The summed E-state index contributed by atoms with van der Waals surface area (Å²) in [5, 5.41) is 13.3. The van der Waals surface area contributed by atoms with Crippen LogP contribution in [0.1, 0.15) is 5.56 Å². The largest absolute Gasteiger partial charge is 0.437 e. The number of nitrogens with zero attached hydrogens (tertiary/aromatic N) is 3. The maximum Gasteiger partial charge on any atom is 0.364 e. The Balaban J connectivity index is 1.96. The van der Waals surface area contributed by atoms with Gasteiger partial charge in [0.25, 0.3) is 0 Å². The number of hydrogen-bond donors (Lipinski definition) is 2. The van der Waals surface area contributed by atoms with E-state index >= 15 is 0 Å². The minimum Gasteiger partial charge on any atom is -0.437 e. The van der Waals surface area contributed by atoms with Gasteiger partial charge in [0.1, 0.15) is 5.75 Å². The molecule has 1 aromatic carbocycles. The number of H-pyrrole nitrogens is 1. The van der Waals surface area contributed by atoms with Gasteiger partial charge >= 0.3 is 5.69 Å². The van der Waals surface area contributed by atoms with Crippen LogP contribution in [0.2, 0.25) is 0 Å². The minimum atomic E-state index is -0.394. The summed E-state index contributed by atoms with van der Waals surface area (Å²) in [4.78, 5) is 11.5. The van der Waals surface area contributed by atoms with Crippen LogP contribution in [0, 0.1) is 0 Å². The highest BCUT2D eigenvalue weighted by Crippen LogP contribution is 2.23. The van der Waals surface area contributed by atoms with Crippen LogP contribution in [-0.2, 0) is 6.54 Å². The zero-order chi connectivity index (χ0) is 13.9. The molecule has 0 amide bonds. The maximum absolute atomic E-state index is 11.5. The Bertz CT molecular complexity index is 793. The first-order valence-corrected chi connectivity index (χ1v) is 6.13. The van der Waals surface area contributed by atoms with Crippen molar-refractivity contribution in [2.45, 2.75) is 6.54 Å². The van der Waals surface area contributed by atoms with E-state index in [2.05, 4.69) is 20.6 Å². The van der Waals surface area contributed by atoms with Gasteiger partial charge in [-0.1, -0.05) is 18.2 Å². The zero-order valence-electron chi connectivity index (χ0n) is 10.8. The molecule has 7 heteroatoms. The quantitative estimate of drug-likeness (QED) is 0.737. The molecule has 20 heavy (non-hydrogen) atoms. The number of ether oxygens (including phenoxy) is 1. The molecule has 0 spiro atoms. The number of rotatable bonds is 4. The average molecular weight is 271 g/mol. The normalized spacial score (nSPS) is 10.8. The van der Waals surface area contributed by atoms with Crippen molar-refractivity contribution in [2.24, 2.45) is 0 Å². The second kappa shape index (κ2) is 5.14. The molecule has 102 valence electrons. The molecule has 2 N–H and O–H groups in total. The van der Waals surface area contributed by atoms with Gasteiger partial charge < -0.3 is 10.1 Å². The summed E-state index contributed by atoms with van der Waals surface area (Å²) in [6.07, 6.45) is 0. The summed E-state index contributed by atoms with van der Waals surface area (Å²) in [5.41, 5.74) is 1.07. The van der Waals surface area contributed by atoms with E-state index < -0.39 is 5.69 Å². The monoisotopic (exact) mass is 271 g/mol. The molecule has 3 rings (SSSR count). The molecule has 0 atom stereocenters. The van der Waals surface area contributed by atoms with E-state index in [9.17, 15) is 4.79 Å². The number of benzene rings is 1. The number of para-hydroxylation sites is 1.